The smallest absolute Gasteiger partial charge is 0.325 e. The van der Waals surface area contributed by atoms with Crippen LogP contribution in [0.5, 0.6) is 5.75 Å². The monoisotopic (exact) mass is 374 g/mol. The number of rotatable bonds is 7. The van der Waals surface area contributed by atoms with Crippen molar-refractivity contribution in [1.82, 2.24) is 15.1 Å². The van der Waals surface area contributed by atoms with Crippen molar-refractivity contribution in [3.63, 3.8) is 0 Å². The molecule has 2 fully saturated rings. The molecule has 2 aliphatic rings. The normalized spacial score (nSPS) is 20.1. The molecule has 0 aliphatic carbocycles. The van der Waals surface area contributed by atoms with Crippen LogP contribution in [0, 0.1) is 0 Å². The summed E-state index contributed by atoms with van der Waals surface area (Å²) in [6.45, 7) is 11.3. The lowest BCUT2D eigenvalue weighted by Gasteiger charge is -2.36. The van der Waals surface area contributed by atoms with Gasteiger partial charge in [0, 0.05) is 32.7 Å². The number of carbonyl (C=O) groups is 2. The Balaban J connectivity index is 1.45. The summed E-state index contributed by atoms with van der Waals surface area (Å²) in [6.07, 6.45) is 0.796. The summed E-state index contributed by atoms with van der Waals surface area (Å²) in [4.78, 5) is 30.2. The number of urea groups is 1. The second-order valence-corrected chi connectivity index (χ2v) is 7.59. The number of hydrogen-bond acceptors (Lipinski definition) is 5. The fourth-order valence-corrected chi connectivity index (χ4v) is 3.68. The third kappa shape index (κ3) is 4.35. The molecule has 2 aliphatic heterocycles. The number of nitrogens with zero attached hydrogens (tertiary/aromatic N) is 3. The van der Waals surface area contributed by atoms with Crippen molar-refractivity contribution in [2.45, 2.75) is 32.7 Å². The maximum Gasteiger partial charge on any atom is 0.325 e. The van der Waals surface area contributed by atoms with Crippen LogP contribution in [0.15, 0.2) is 24.3 Å². The van der Waals surface area contributed by atoms with Gasteiger partial charge in [-0.1, -0.05) is 12.1 Å². The predicted molar refractivity (Wildman–Crippen MR) is 105 cm³/mol. The van der Waals surface area contributed by atoms with Crippen LogP contribution in [-0.2, 0) is 4.79 Å². The van der Waals surface area contributed by atoms with Crippen molar-refractivity contribution in [3.05, 3.63) is 24.3 Å². The Morgan fingerprint density at radius 1 is 1.07 bits per heavy atom. The van der Waals surface area contributed by atoms with Gasteiger partial charge in [-0.25, -0.2) is 4.79 Å². The van der Waals surface area contributed by atoms with Crippen LogP contribution in [0.2, 0.25) is 0 Å². The minimum Gasteiger partial charge on any atom is -0.492 e. The minimum absolute atomic E-state index is 0.134. The number of benzene rings is 1. The first-order valence-corrected chi connectivity index (χ1v) is 9.75. The van der Waals surface area contributed by atoms with E-state index in [2.05, 4.69) is 21.2 Å². The summed E-state index contributed by atoms with van der Waals surface area (Å²) >= 11 is 0. The first-order chi connectivity index (χ1) is 12.9. The maximum absolute atomic E-state index is 12.2. The average Bonchev–Trinajstić information content (AvgIpc) is 2.84. The van der Waals surface area contributed by atoms with E-state index in [0.29, 0.717) is 13.2 Å². The van der Waals surface area contributed by atoms with E-state index in [1.165, 1.54) is 4.90 Å². The number of carbonyl (C=O) groups excluding carboxylic acids is 2. The third-order valence-electron chi connectivity index (χ3n) is 5.18. The van der Waals surface area contributed by atoms with Gasteiger partial charge in [0.2, 0.25) is 0 Å². The number of hydrogen-bond donors (Lipinski definition) is 1. The van der Waals surface area contributed by atoms with Gasteiger partial charge in [-0.2, -0.15) is 0 Å². The zero-order valence-corrected chi connectivity index (χ0v) is 16.5. The molecule has 148 valence electrons. The molecule has 1 aromatic rings. The molecule has 7 heteroatoms. The number of nitrogens with one attached hydrogen (secondary N) is 1. The van der Waals surface area contributed by atoms with E-state index in [1.807, 2.05) is 25.1 Å². The first kappa shape index (κ1) is 19.5. The Kier molecular flexibility index (Phi) is 5.89. The molecule has 2 heterocycles. The summed E-state index contributed by atoms with van der Waals surface area (Å²) in [5.41, 5.74) is 0.372. The molecule has 1 N–H and O–H groups in total. The van der Waals surface area contributed by atoms with Gasteiger partial charge in [0.15, 0.2) is 0 Å². The topological polar surface area (TPSA) is 65.1 Å². The predicted octanol–water partition coefficient (Wildman–Crippen LogP) is 1.93. The van der Waals surface area contributed by atoms with Gasteiger partial charge in [0.1, 0.15) is 11.3 Å². The molecule has 7 nitrogen and oxygen atoms in total. The number of anilines is 1. The number of ether oxygens (including phenoxy) is 1. The van der Waals surface area contributed by atoms with Gasteiger partial charge in [-0.3, -0.25) is 14.6 Å². The highest BCUT2D eigenvalue weighted by atomic mass is 16.5. The van der Waals surface area contributed by atoms with Gasteiger partial charge in [-0.15, -0.1) is 0 Å². The molecule has 0 unspecified atom stereocenters. The van der Waals surface area contributed by atoms with Crippen molar-refractivity contribution in [2.24, 2.45) is 0 Å². The SMILES string of the molecule is CCOc1ccccc1N1CCN(CCCN2C(=O)NC(C)(C)C2=O)CC1. The van der Waals surface area contributed by atoms with Gasteiger partial charge in [-0.05, 0) is 45.9 Å². The molecule has 0 aromatic heterocycles. The summed E-state index contributed by atoms with van der Waals surface area (Å²) in [5, 5.41) is 2.73. The lowest BCUT2D eigenvalue weighted by Crippen LogP contribution is -2.47. The average molecular weight is 374 g/mol. The van der Waals surface area contributed by atoms with E-state index in [4.69, 9.17) is 4.74 Å². The highest BCUT2D eigenvalue weighted by molar-refractivity contribution is 6.06. The van der Waals surface area contributed by atoms with Crippen molar-refractivity contribution in [3.8, 4) is 5.75 Å². The second kappa shape index (κ2) is 8.17. The number of piperazine rings is 1. The fraction of sp³-hybridized carbons (Fsp3) is 0.600. The summed E-state index contributed by atoms with van der Waals surface area (Å²) in [6, 6.07) is 7.90. The minimum atomic E-state index is -0.781. The van der Waals surface area contributed by atoms with Gasteiger partial charge < -0.3 is 15.0 Å². The van der Waals surface area contributed by atoms with Gasteiger partial charge in [0.05, 0.1) is 12.3 Å². The molecule has 3 rings (SSSR count). The van der Waals surface area contributed by atoms with Gasteiger partial charge >= 0.3 is 6.03 Å². The van der Waals surface area contributed by atoms with Crippen molar-refractivity contribution >= 4 is 17.6 Å². The molecule has 1 aromatic carbocycles. The maximum atomic E-state index is 12.2. The van der Waals surface area contributed by atoms with E-state index in [-0.39, 0.29) is 11.9 Å². The summed E-state index contributed by atoms with van der Waals surface area (Å²) < 4.78 is 5.75. The van der Waals surface area contributed by atoms with E-state index in [1.54, 1.807) is 13.8 Å². The highest BCUT2D eigenvalue weighted by Gasteiger charge is 2.43. The lowest BCUT2D eigenvalue weighted by molar-refractivity contribution is -0.130. The molecule has 0 spiro atoms. The number of para-hydroxylation sites is 2. The van der Waals surface area contributed by atoms with Crippen LogP contribution >= 0.6 is 0 Å². The molecular formula is C20H30N4O3. The Morgan fingerprint density at radius 3 is 2.41 bits per heavy atom. The van der Waals surface area contributed by atoms with Crippen LogP contribution in [0.4, 0.5) is 10.5 Å². The largest absolute Gasteiger partial charge is 0.492 e. The van der Waals surface area contributed by atoms with E-state index in [9.17, 15) is 9.59 Å². The van der Waals surface area contributed by atoms with Crippen LogP contribution < -0.4 is 15.0 Å². The van der Waals surface area contributed by atoms with Crippen molar-refractivity contribution in [2.75, 3.05) is 50.8 Å². The van der Waals surface area contributed by atoms with Crippen LogP contribution in [0.1, 0.15) is 27.2 Å². The molecule has 27 heavy (non-hydrogen) atoms. The quantitative estimate of drug-likeness (QED) is 0.739. The molecule has 2 saturated heterocycles. The lowest BCUT2D eigenvalue weighted by atomic mass is 10.1. The van der Waals surface area contributed by atoms with E-state index >= 15 is 0 Å². The Hall–Kier alpha value is -2.28. The first-order valence-electron chi connectivity index (χ1n) is 9.75. The highest BCUT2D eigenvalue weighted by Crippen LogP contribution is 2.28. The summed E-state index contributed by atoms with van der Waals surface area (Å²) in [7, 11) is 0. The Morgan fingerprint density at radius 2 is 1.78 bits per heavy atom. The van der Waals surface area contributed by atoms with Gasteiger partial charge in [0.25, 0.3) is 5.91 Å². The Labute approximate surface area is 161 Å². The fourth-order valence-electron chi connectivity index (χ4n) is 3.68. The van der Waals surface area contributed by atoms with Crippen LogP contribution in [-0.4, -0.2) is 73.2 Å². The van der Waals surface area contributed by atoms with E-state index < -0.39 is 5.54 Å². The third-order valence-corrected chi connectivity index (χ3v) is 5.18. The Bertz CT molecular complexity index is 684. The molecular weight excluding hydrogens is 344 g/mol. The second-order valence-electron chi connectivity index (χ2n) is 7.59. The molecule has 0 bridgehead atoms. The standard InChI is InChI=1S/C20H30N4O3/c1-4-27-17-9-6-5-8-16(17)23-14-12-22(13-15-23)10-7-11-24-18(25)20(2,3)21-19(24)26/h5-6,8-9H,4,7,10-15H2,1-3H3,(H,21,26). The number of imide groups is 1. The van der Waals surface area contributed by atoms with Crippen LogP contribution in [0.25, 0.3) is 0 Å². The number of amides is 3. The summed E-state index contributed by atoms with van der Waals surface area (Å²) in [5.74, 6) is 0.805. The molecule has 0 saturated carbocycles. The zero-order chi connectivity index (χ0) is 19.4. The van der Waals surface area contributed by atoms with E-state index in [0.717, 1.165) is 50.6 Å². The molecule has 3 amide bonds. The zero-order valence-electron chi connectivity index (χ0n) is 16.5. The van der Waals surface area contributed by atoms with Crippen molar-refractivity contribution < 1.29 is 14.3 Å². The molecule has 0 atom stereocenters. The van der Waals surface area contributed by atoms with Crippen LogP contribution in [0.3, 0.4) is 0 Å². The van der Waals surface area contributed by atoms with Crippen molar-refractivity contribution in [1.29, 1.82) is 0 Å². The molecule has 0 radical (unpaired) electrons.